The van der Waals surface area contributed by atoms with Gasteiger partial charge in [0.15, 0.2) is 23.5 Å². The predicted octanol–water partition coefficient (Wildman–Crippen LogP) is -4.99. The van der Waals surface area contributed by atoms with Gasteiger partial charge in [-0.05, 0) is 12.1 Å². The lowest BCUT2D eigenvalue weighted by Crippen LogP contribution is -2.90. The van der Waals surface area contributed by atoms with Crippen LogP contribution < -0.4 is 36.6 Å². The molecule has 202 valence electrons. The zero-order valence-electron chi connectivity index (χ0n) is 19.5. The van der Waals surface area contributed by atoms with Crippen LogP contribution >= 0.6 is 0 Å². The van der Waals surface area contributed by atoms with Gasteiger partial charge in [0.2, 0.25) is 17.6 Å². The molecule has 1 aromatic carbocycles. The van der Waals surface area contributed by atoms with Gasteiger partial charge in [-0.3, -0.25) is 34.9 Å². The maximum atomic E-state index is 13.6. The number of rotatable bonds is 4. The van der Waals surface area contributed by atoms with Crippen LogP contribution in [0, 0.1) is 0 Å². The quantitative estimate of drug-likeness (QED) is 0.142. The van der Waals surface area contributed by atoms with E-state index in [-0.39, 0.29) is 49.2 Å². The molecule has 15 nitrogen and oxygen atoms in total. The number of nitrogens with zero attached hydrogens (tertiary/aromatic N) is 3. The van der Waals surface area contributed by atoms with E-state index in [9.17, 15) is 33.4 Å². The lowest BCUT2D eigenvalue weighted by molar-refractivity contribution is -0.521. The number of carbonyl (C=O) groups is 3. The number of carbonyl (C=O) groups excluding carboxylic acids is 3. The van der Waals surface area contributed by atoms with Crippen molar-refractivity contribution in [3.8, 4) is 11.5 Å². The van der Waals surface area contributed by atoms with Crippen molar-refractivity contribution in [3.05, 3.63) is 23.8 Å². The number of benzene rings is 1. The van der Waals surface area contributed by atoms with E-state index in [0.717, 1.165) is 4.90 Å². The van der Waals surface area contributed by atoms with Crippen LogP contribution in [0.25, 0.3) is 0 Å². The average molecular weight is 537 g/mol. The Morgan fingerprint density at radius 3 is 2.66 bits per heavy atom. The molecule has 0 bridgehead atoms. The molecular formula is C21H23F2N8O7+. The Kier molecular flexibility index (Phi) is 4.84. The van der Waals surface area contributed by atoms with Crippen LogP contribution in [-0.4, -0.2) is 98.6 Å². The van der Waals surface area contributed by atoms with Gasteiger partial charge in [-0.15, -0.1) is 8.78 Å². The highest BCUT2D eigenvalue weighted by Gasteiger charge is 2.76. The summed E-state index contributed by atoms with van der Waals surface area (Å²) in [7, 11) is 0. The molecule has 38 heavy (non-hydrogen) atoms. The van der Waals surface area contributed by atoms with Gasteiger partial charge < -0.3 is 30.7 Å². The highest BCUT2D eigenvalue weighted by atomic mass is 19.3. The first-order valence-corrected chi connectivity index (χ1v) is 11.6. The fourth-order valence-electron chi connectivity index (χ4n) is 5.72. The maximum Gasteiger partial charge on any atom is 0.586 e. The Morgan fingerprint density at radius 1 is 1.24 bits per heavy atom. The second kappa shape index (κ2) is 7.64. The SMILES string of the molecule is NC1=N[C@@H](CN2C(=O)CCC2=O)[C@@H]2[NH+]=C(N)N[C@]23N1C[C@H](NC(=O)c1cccc2c1OC(F)(F)O2)C3(O)O. The topological polar surface area (TPSA) is 219 Å². The summed E-state index contributed by atoms with van der Waals surface area (Å²) in [6.45, 7) is -0.487. The van der Waals surface area contributed by atoms with Crippen LogP contribution in [0.2, 0.25) is 0 Å². The van der Waals surface area contributed by atoms with Crippen molar-refractivity contribution in [2.75, 3.05) is 13.1 Å². The summed E-state index contributed by atoms with van der Waals surface area (Å²) in [5.74, 6) is -5.66. The number of alkyl halides is 2. The summed E-state index contributed by atoms with van der Waals surface area (Å²) >= 11 is 0. The summed E-state index contributed by atoms with van der Waals surface area (Å²) in [6.07, 6.45) is -3.87. The molecule has 5 aliphatic rings. The van der Waals surface area contributed by atoms with Crippen LogP contribution in [0.3, 0.4) is 0 Å². The lowest BCUT2D eigenvalue weighted by Gasteiger charge is -2.46. The van der Waals surface area contributed by atoms with Gasteiger partial charge in [0, 0.05) is 12.8 Å². The van der Waals surface area contributed by atoms with E-state index in [2.05, 4.69) is 30.1 Å². The predicted molar refractivity (Wildman–Crippen MR) is 119 cm³/mol. The third-order valence-electron chi connectivity index (χ3n) is 7.39. The van der Waals surface area contributed by atoms with Crippen molar-refractivity contribution in [2.24, 2.45) is 16.5 Å². The molecule has 0 aliphatic carbocycles. The number of hydrogen-bond acceptors (Lipinski definition) is 12. The Balaban J connectivity index is 1.31. The lowest BCUT2D eigenvalue weighted by atomic mass is 9.84. The number of para-hydroxylation sites is 1. The van der Waals surface area contributed by atoms with Gasteiger partial charge >= 0.3 is 12.3 Å². The molecule has 2 fully saturated rings. The van der Waals surface area contributed by atoms with Crippen LogP contribution in [0.5, 0.6) is 11.5 Å². The Hall–Kier alpha value is -4.25. The number of aliphatic hydroxyl groups is 2. The second-order valence-corrected chi connectivity index (χ2v) is 9.54. The van der Waals surface area contributed by atoms with Crippen molar-refractivity contribution in [3.63, 3.8) is 0 Å². The van der Waals surface area contributed by atoms with Crippen LogP contribution in [-0.2, 0) is 9.59 Å². The first-order chi connectivity index (χ1) is 17.8. The molecule has 0 saturated carbocycles. The number of nitrogens with one attached hydrogen (secondary N) is 3. The van der Waals surface area contributed by atoms with Crippen LogP contribution in [0.1, 0.15) is 23.2 Å². The van der Waals surface area contributed by atoms with Crippen molar-refractivity contribution in [2.45, 2.75) is 48.7 Å². The third-order valence-corrected chi connectivity index (χ3v) is 7.39. The first-order valence-electron chi connectivity index (χ1n) is 11.6. The maximum absolute atomic E-state index is 13.6. The Bertz CT molecular complexity index is 1320. The van der Waals surface area contributed by atoms with Crippen molar-refractivity contribution in [1.82, 2.24) is 20.4 Å². The molecule has 0 aromatic heterocycles. The molecule has 1 spiro atoms. The van der Waals surface area contributed by atoms with Gasteiger partial charge in [0.1, 0.15) is 12.1 Å². The van der Waals surface area contributed by atoms with Crippen molar-refractivity contribution < 1.29 is 47.8 Å². The molecular weight excluding hydrogens is 514 g/mol. The highest BCUT2D eigenvalue weighted by Crippen LogP contribution is 2.44. The molecule has 0 unspecified atom stereocenters. The van der Waals surface area contributed by atoms with Gasteiger partial charge in [-0.1, -0.05) is 6.07 Å². The van der Waals surface area contributed by atoms with Gasteiger partial charge in [-0.2, -0.15) is 0 Å². The molecule has 0 radical (unpaired) electrons. The zero-order valence-corrected chi connectivity index (χ0v) is 19.5. The van der Waals surface area contributed by atoms with E-state index in [1.165, 1.54) is 23.1 Å². The van der Waals surface area contributed by atoms with Crippen molar-refractivity contribution >= 4 is 29.6 Å². The third kappa shape index (κ3) is 3.21. The summed E-state index contributed by atoms with van der Waals surface area (Å²) in [5.41, 5.74) is 9.96. The van der Waals surface area contributed by atoms with Crippen LogP contribution in [0.15, 0.2) is 23.2 Å². The number of likely N-dealkylation sites (tertiary alicyclic amines) is 1. The number of ether oxygens (including phenoxy) is 2. The molecule has 2 saturated heterocycles. The first kappa shape index (κ1) is 24.1. The number of aliphatic imine (C=N–C) groups is 1. The number of hydrogen-bond donors (Lipinski definition) is 7. The molecule has 17 heteroatoms. The van der Waals surface area contributed by atoms with E-state index in [1.807, 2.05) is 0 Å². The molecule has 3 amide bonds. The number of imide groups is 1. The number of guanidine groups is 2. The van der Waals surface area contributed by atoms with Gasteiger partial charge in [-0.25, -0.2) is 10.3 Å². The minimum atomic E-state index is -3.97. The fraction of sp³-hybridized carbons (Fsp3) is 0.476. The molecule has 5 heterocycles. The minimum absolute atomic E-state index is 0.0501. The Morgan fingerprint density at radius 2 is 1.95 bits per heavy atom. The minimum Gasteiger partial charge on any atom is -0.395 e. The monoisotopic (exact) mass is 537 g/mol. The summed E-state index contributed by atoms with van der Waals surface area (Å²) in [6, 6.07) is 0.266. The largest absolute Gasteiger partial charge is 0.586 e. The molecule has 4 atom stereocenters. The van der Waals surface area contributed by atoms with E-state index < -0.39 is 59.3 Å². The normalized spacial score (nSPS) is 31.9. The molecule has 9 N–H and O–H groups in total. The van der Waals surface area contributed by atoms with Crippen LogP contribution in [0.4, 0.5) is 8.78 Å². The second-order valence-electron chi connectivity index (χ2n) is 9.54. The number of halogens is 2. The average Bonchev–Trinajstić information content (AvgIpc) is 3.52. The van der Waals surface area contributed by atoms with Gasteiger partial charge in [0.25, 0.3) is 11.6 Å². The Labute approximate surface area is 212 Å². The summed E-state index contributed by atoms with van der Waals surface area (Å²) < 4.78 is 36.0. The van der Waals surface area contributed by atoms with Gasteiger partial charge in [0.05, 0.1) is 18.7 Å². The van der Waals surface area contributed by atoms with E-state index in [0.29, 0.717) is 0 Å². The highest BCUT2D eigenvalue weighted by molar-refractivity contribution is 6.02. The molecule has 5 aliphatic heterocycles. The van der Waals surface area contributed by atoms with E-state index in [4.69, 9.17) is 11.5 Å². The van der Waals surface area contributed by atoms with E-state index in [1.54, 1.807) is 0 Å². The fourth-order valence-corrected chi connectivity index (χ4v) is 5.72. The smallest absolute Gasteiger partial charge is 0.395 e. The molecule has 1 aromatic rings. The van der Waals surface area contributed by atoms with E-state index >= 15 is 0 Å². The zero-order chi connectivity index (χ0) is 27.2. The number of fused-ring (bicyclic) bond motifs is 1. The number of amides is 3. The van der Waals surface area contributed by atoms with Crippen molar-refractivity contribution in [1.29, 1.82) is 0 Å². The standard InChI is InChI=1S/C21H22F2N8O7/c22-21(23)37-10-3-1-2-8(14(10)38-21)16(34)27-11-7-31-18(25)26-9(6-30-12(32)4-5-13(30)33)15-19(31,20(11,35)36)29-17(24)28-15/h1-3,9,11,15,35-36H,4-7H2,(H2,25,26)(H,27,34)(H3,24,28,29)/p+1/t9-,11-,15-,19-/m0/s1. The number of nitrogens with two attached hydrogens (primary N) is 2. The summed E-state index contributed by atoms with van der Waals surface area (Å²) in [5, 5.41) is 28.2. The summed E-state index contributed by atoms with van der Waals surface area (Å²) in [4.78, 5) is 47.1. The molecule has 6 rings (SSSR count).